The van der Waals surface area contributed by atoms with E-state index in [-0.39, 0.29) is 5.56 Å². The number of alkyl halides is 2. The molecule has 1 unspecified atom stereocenters. The van der Waals surface area contributed by atoms with E-state index in [9.17, 15) is 8.78 Å². The summed E-state index contributed by atoms with van der Waals surface area (Å²) in [6.07, 6.45) is 0.555. The fourth-order valence-electron chi connectivity index (χ4n) is 2.50. The lowest BCUT2D eigenvalue weighted by Gasteiger charge is -2.25. The first-order chi connectivity index (χ1) is 7.93. The van der Waals surface area contributed by atoms with Gasteiger partial charge in [0.05, 0.1) is 0 Å². The molecular formula is C14H19F2N. The molecule has 0 spiro atoms. The second kappa shape index (κ2) is 4.37. The summed E-state index contributed by atoms with van der Waals surface area (Å²) in [5.41, 5.74) is 2.92. The molecule has 1 aliphatic rings. The zero-order valence-corrected chi connectivity index (χ0v) is 10.6. The van der Waals surface area contributed by atoms with Crippen LogP contribution in [-0.4, -0.2) is 13.1 Å². The molecule has 1 heterocycles. The Balaban J connectivity index is 2.41. The number of aryl methyl sites for hydroxylation is 3. The van der Waals surface area contributed by atoms with E-state index in [0.29, 0.717) is 25.1 Å². The van der Waals surface area contributed by atoms with Crippen molar-refractivity contribution < 1.29 is 8.78 Å². The van der Waals surface area contributed by atoms with E-state index in [2.05, 4.69) is 5.32 Å². The molecular weight excluding hydrogens is 220 g/mol. The van der Waals surface area contributed by atoms with Crippen LogP contribution in [0, 0.1) is 26.7 Å². The molecule has 1 N–H and O–H groups in total. The number of hydrogen-bond acceptors (Lipinski definition) is 1. The van der Waals surface area contributed by atoms with Gasteiger partial charge in [0.25, 0.3) is 5.92 Å². The van der Waals surface area contributed by atoms with Gasteiger partial charge in [-0.05, 0) is 56.5 Å². The Labute approximate surface area is 101 Å². The first kappa shape index (κ1) is 12.5. The van der Waals surface area contributed by atoms with E-state index in [4.69, 9.17) is 0 Å². The third kappa shape index (κ3) is 2.21. The summed E-state index contributed by atoms with van der Waals surface area (Å²) in [6.45, 7) is 6.74. The van der Waals surface area contributed by atoms with E-state index in [1.165, 1.54) is 0 Å². The van der Waals surface area contributed by atoms with Crippen LogP contribution in [0.2, 0.25) is 0 Å². The summed E-state index contributed by atoms with van der Waals surface area (Å²) in [6, 6.07) is 3.52. The van der Waals surface area contributed by atoms with Gasteiger partial charge < -0.3 is 5.32 Å². The minimum Gasteiger partial charge on any atom is -0.316 e. The van der Waals surface area contributed by atoms with Gasteiger partial charge in [-0.1, -0.05) is 6.07 Å². The molecule has 0 amide bonds. The summed E-state index contributed by atoms with van der Waals surface area (Å²) in [5, 5.41) is 3.01. The molecule has 1 fully saturated rings. The molecule has 17 heavy (non-hydrogen) atoms. The molecule has 3 heteroatoms. The number of benzene rings is 1. The Morgan fingerprint density at radius 3 is 2.35 bits per heavy atom. The average Bonchev–Trinajstić information content (AvgIpc) is 2.77. The molecule has 0 saturated carbocycles. The Hall–Kier alpha value is -0.960. The standard InChI is InChI=1S/C14H19F2N/c1-9-6-11(3)13(7-10(9)2)14(15,16)12-4-5-17-8-12/h6-7,12,17H,4-5,8H2,1-3H3. The van der Waals surface area contributed by atoms with Gasteiger partial charge in [0.2, 0.25) is 0 Å². The van der Waals surface area contributed by atoms with E-state index >= 15 is 0 Å². The van der Waals surface area contributed by atoms with Crippen molar-refractivity contribution in [3.05, 3.63) is 34.4 Å². The third-order valence-corrected chi connectivity index (χ3v) is 3.77. The van der Waals surface area contributed by atoms with Crippen molar-refractivity contribution in [3.63, 3.8) is 0 Å². The fourth-order valence-corrected chi connectivity index (χ4v) is 2.50. The summed E-state index contributed by atoms with van der Waals surface area (Å²) in [4.78, 5) is 0. The van der Waals surface area contributed by atoms with Crippen LogP contribution >= 0.6 is 0 Å². The van der Waals surface area contributed by atoms with Crippen molar-refractivity contribution in [2.24, 2.45) is 5.92 Å². The Morgan fingerprint density at radius 2 is 1.76 bits per heavy atom. The highest BCUT2D eigenvalue weighted by atomic mass is 19.3. The number of hydrogen-bond donors (Lipinski definition) is 1. The topological polar surface area (TPSA) is 12.0 Å². The molecule has 1 saturated heterocycles. The molecule has 0 radical (unpaired) electrons. The maximum Gasteiger partial charge on any atom is 0.277 e. The fraction of sp³-hybridized carbons (Fsp3) is 0.571. The summed E-state index contributed by atoms with van der Waals surface area (Å²) >= 11 is 0. The van der Waals surface area contributed by atoms with Crippen molar-refractivity contribution in [3.8, 4) is 0 Å². The van der Waals surface area contributed by atoms with Crippen LogP contribution < -0.4 is 5.32 Å². The van der Waals surface area contributed by atoms with Crippen LogP contribution in [0.4, 0.5) is 8.78 Å². The molecule has 2 rings (SSSR count). The lowest BCUT2D eigenvalue weighted by molar-refractivity contribution is -0.0581. The number of halogens is 2. The van der Waals surface area contributed by atoms with E-state index in [0.717, 1.165) is 11.1 Å². The van der Waals surface area contributed by atoms with Gasteiger partial charge in [0.1, 0.15) is 0 Å². The second-order valence-corrected chi connectivity index (χ2v) is 5.06. The molecule has 0 aliphatic carbocycles. The average molecular weight is 239 g/mol. The summed E-state index contributed by atoms with van der Waals surface area (Å²) in [5.74, 6) is -3.28. The quantitative estimate of drug-likeness (QED) is 0.835. The van der Waals surface area contributed by atoms with Crippen molar-refractivity contribution in [1.29, 1.82) is 0 Å². The van der Waals surface area contributed by atoms with Crippen LogP contribution in [0.1, 0.15) is 28.7 Å². The van der Waals surface area contributed by atoms with Crippen molar-refractivity contribution >= 4 is 0 Å². The van der Waals surface area contributed by atoms with Crippen LogP contribution in [-0.2, 0) is 5.92 Å². The van der Waals surface area contributed by atoms with Gasteiger partial charge in [-0.3, -0.25) is 0 Å². The maximum atomic E-state index is 14.4. The molecule has 1 aromatic rings. The van der Waals surface area contributed by atoms with Gasteiger partial charge in [-0.2, -0.15) is 0 Å². The van der Waals surface area contributed by atoms with Gasteiger partial charge in [0, 0.05) is 18.0 Å². The molecule has 0 aromatic heterocycles. The monoisotopic (exact) mass is 239 g/mol. The summed E-state index contributed by atoms with van der Waals surface area (Å²) in [7, 11) is 0. The maximum absolute atomic E-state index is 14.4. The molecule has 94 valence electrons. The van der Waals surface area contributed by atoms with Gasteiger partial charge in [-0.15, -0.1) is 0 Å². The van der Waals surface area contributed by atoms with Crippen LogP contribution in [0.25, 0.3) is 0 Å². The van der Waals surface area contributed by atoms with E-state index in [1.54, 1.807) is 13.0 Å². The third-order valence-electron chi connectivity index (χ3n) is 3.77. The number of nitrogens with one attached hydrogen (secondary N) is 1. The van der Waals surface area contributed by atoms with Crippen LogP contribution in [0.15, 0.2) is 12.1 Å². The first-order valence-electron chi connectivity index (χ1n) is 6.09. The minimum atomic E-state index is -2.72. The smallest absolute Gasteiger partial charge is 0.277 e. The highest BCUT2D eigenvalue weighted by Crippen LogP contribution is 2.41. The largest absolute Gasteiger partial charge is 0.316 e. The van der Waals surface area contributed by atoms with Crippen LogP contribution in [0.3, 0.4) is 0 Å². The molecule has 0 bridgehead atoms. The molecule has 1 atom stereocenters. The molecule has 1 aliphatic heterocycles. The predicted octanol–water partition coefficient (Wildman–Crippen LogP) is 3.31. The van der Waals surface area contributed by atoms with Gasteiger partial charge in [-0.25, -0.2) is 8.78 Å². The lowest BCUT2D eigenvalue weighted by Crippen LogP contribution is -2.28. The first-order valence-corrected chi connectivity index (χ1v) is 6.09. The zero-order chi connectivity index (χ0) is 12.6. The molecule has 1 nitrogen and oxygen atoms in total. The SMILES string of the molecule is Cc1cc(C)c(C(F)(F)C2CCNC2)cc1C. The van der Waals surface area contributed by atoms with E-state index < -0.39 is 11.8 Å². The summed E-state index contributed by atoms with van der Waals surface area (Å²) < 4.78 is 28.8. The minimum absolute atomic E-state index is 0.203. The van der Waals surface area contributed by atoms with Gasteiger partial charge in [0.15, 0.2) is 0 Å². The van der Waals surface area contributed by atoms with Crippen molar-refractivity contribution in [2.75, 3.05) is 13.1 Å². The molecule has 1 aromatic carbocycles. The van der Waals surface area contributed by atoms with Crippen molar-refractivity contribution in [2.45, 2.75) is 33.1 Å². The Kier molecular flexibility index (Phi) is 3.21. The highest BCUT2D eigenvalue weighted by molar-refractivity contribution is 5.39. The zero-order valence-electron chi connectivity index (χ0n) is 10.6. The second-order valence-electron chi connectivity index (χ2n) is 5.06. The Bertz CT molecular complexity index is 420. The lowest BCUT2D eigenvalue weighted by atomic mass is 9.89. The normalized spacial score (nSPS) is 20.9. The van der Waals surface area contributed by atoms with Gasteiger partial charge >= 0.3 is 0 Å². The Morgan fingerprint density at radius 1 is 1.12 bits per heavy atom. The van der Waals surface area contributed by atoms with Crippen molar-refractivity contribution in [1.82, 2.24) is 5.32 Å². The van der Waals surface area contributed by atoms with E-state index in [1.807, 2.05) is 19.9 Å². The van der Waals surface area contributed by atoms with Crippen LogP contribution in [0.5, 0.6) is 0 Å². The number of rotatable bonds is 2. The highest BCUT2D eigenvalue weighted by Gasteiger charge is 2.43. The predicted molar refractivity (Wildman–Crippen MR) is 65.5 cm³/mol.